The van der Waals surface area contributed by atoms with Gasteiger partial charge in [0.1, 0.15) is 6.54 Å². The van der Waals surface area contributed by atoms with Crippen LogP contribution in [-0.4, -0.2) is 55.0 Å². The predicted octanol–water partition coefficient (Wildman–Crippen LogP) is 3.98. The molecule has 1 aliphatic carbocycles. The lowest BCUT2D eigenvalue weighted by Gasteiger charge is -2.28. The van der Waals surface area contributed by atoms with Crippen molar-refractivity contribution >= 4 is 23.2 Å². The summed E-state index contributed by atoms with van der Waals surface area (Å²) in [6.45, 7) is 5.06. The van der Waals surface area contributed by atoms with Gasteiger partial charge in [-0.25, -0.2) is 0 Å². The number of ether oxygens (including phenoxy) is 2. The van der Waals surface area contributed by atoms with E-state index in [0.29, 0.717) is 31.0 Å². The van der Waals surface area contributed by atoms with Crippen LogP contribution in [-0.2, 0) is 22.6 Å². The van der Waals surface area contributed by atoms with E-state index in [1.54, 1.807) is 30.5 Å². The fraction of sp³-hybridized carbons (Fsp3) is 0.500. The molecule has 6 nitrogen and oxygen atoms in total. The Labute approximate surface area is 188 Å². The van der Waals surface area contributed by atoms with Crippen LogP contribution in [0.15, 0.2) is 35.7 Å². The molecule has 168 valence electrons. The maximum Gasteiger partial charge on any atom is 0.242 e. The first-order valence-electron chi connectivity index (χ1n) is 10.7. The molecule has 2 aromatic rings. The van der Waals surface area contributed by atoms with Crippen molar-refractivity contribution in [1.82, 2.24) is 9.80 Å². The average molecular weight is 445 g/mol. The number of carbonyl (C=O) groups excluding carboxylic acids is 2. The molecule has 0 radical (unpaired) electrons. The third-order valence-corrected chi connectivity index (χ3v) is 6.33. The van der Waals surface area contributed by atoms with Gasteiger partial charge >= 0.3 is 0 Å². The number of nitrogens with zero attached hydrogens (tertiary/aromatic N) is 2. The Hall–Kier alpha value is -2.54. The highest BCUT2D eigenvalue weighted by atomic mass is 32.1. The average Bonchev–Trinajstić information content (AvgIpc) is 3.49. The lowest BCUT2D eigenvalue weighted by molar-refractivity contribution is -0.143. The molecule has 1 aromatic heterocycles. The Morgan fingerprint density at radius 1 is 1.13 bits per heavy atom. The standard InChI is InChI=1S/C24H32N2O4S/c1-17(2)24(28)26(19-8-9-19)16-23(27)25(15-20-6-5-13-31-20)12-11-18-7-10-21(29-3)22(14-18)30-4/h5-7,10,13-14,17,19H,8-9,11-12,15-16H2,1-4H3. The summed E-state index contributed by atoms with van der Waals surface area (Å²) in [6, 6.07) is 10.1. The lowest BCUT2D eigenvalue weighted by Crippen LogP contribution is -2.45. The molecule has 0 N–H and O–H groups in total. The van der Waals surface area contributed by atoms with E-state index in [9.17, 15) is 9.59 Å². The van der Waals surface area contributed by atoms with Crippen LogP contribution >= 0.6 is 11.3 Å². The third kappa shape index (κ3) is 6.23. The Kier molecular flexibility index (Phi) is 7.96. The minimum absolute atomic E-state index is 0.00484. The number of hydrogen-bond acceptors (Lipinski definition) is 5. The molecule has 2 amide bonds. The SMILES string of the molecule is COc1ccc(CCN(Cc2cccs2)C(=O)CN(C(=O)C(C)C)C2CC2)cc1OC. The summed E-state index contributed by atoms with van der Waals surface area (Å²) in [7, 11) is 3.23. The zero-order chi connectivity index (χ0) is 22.4. The normalized spacial score (nSPS) is 13.2. The minimum atomic E-state index is -0.106. The predicted molar refractivity (Wildman–Crippen MR) is 123 cm³/mol. The number of rotatable bonds is 11. The molecular formula is C24H32N2O4S. The van der Waals surface area contributed by atoms with Crippen LogP contribution in [0, 0.1) is 5.92 Å². The van der Waals surface area contributed by atoms with Crippen molar-refractivity contribution in [2.24, 2.45) is 5.92 Å². The minimum Gasteiger partial charge on any atom is -0.493 e. The van der Waals surface area contributed by atoms with Crippen molar-refractivity contribution in [3.63, 3.8) is 0 Å². The summed E-state index contributed by atoms with van der Waals surface area (Å²) in [5.74, 6) is 1.32. The molecule has 1 aromatic carbocycles. The number of benzene rings is 1. The van der Waals surface area contributed by atoms with Gasteiger partial charge in [0.05, 0.1) is 20.8 Å². The quantitative estimate of drug-likeness (QED) is 0.526. The largest absolute Gasteiger partial charge is 0.493 e. The maximum atomic E-state index is 13.3. The van der Waals surface area contributed by atoms with Gasteiger partial charge in [-0.05, 0) is 48.4 Å². The first-order valence-corrected chi connectivity index (χ1v) is 11.6. The molecular weight excluding hydrogens is 412 g/mol. The Morgan fingerprint density at radius 3 is 2.45 bits per heavy atom. The smallest absolute Gasteiger partial charge is 0.242 e. The zero-order valence-corrected chi connectivity index (χ0v) is 19.6. The van der Waals surface area contributed by atoms with Gasteiger partial charge < -0.3 is 19.3 Å². The Balaban J connectivity index is 1.71. The summed E-state index contributed by atoms with van der Waals surface area (Å²) in [6.07, 6.45) is 2.67. The van der Waals surface area contributed by atoms with E-state index in [1.807, 2.05) is 54.5 Å². The van der Waals surface area contributed by atoms with E-state index in [4.69, 9.17) is 9.47 Å². The fourth-order valence-corrected chi connectivity index (χ4v) is 4.25. The third-order valence-electron chi connectivity index (χ3n) is 5.47. The van der Waals surface area contributed by atoms with Crippen LogP contribution in [0.3, 0.4) is 0 Å². The van der Waals surface area contributed by atoms with Gasteiger partial charge in [-0.15, -0.1) is 11.3 Å². The van der Waals surface area contributed by atoms with E-state index in [1.165, 1.54) is 0 Å². The van der Waals surface area contributed by atoms with Crippen molar-refractivity contribution in [2.75, 3.05) is 27.3 Å². The van der Waals surface area contributed by atoms with Gasteiger partial charge in [0.15, 0.2) is 11.5 Å². The molecule has 1 aliphatic rings. The number of hydrogen-bond donors (Lipinski definition) is 0. The second-order valence-electron chi connectivity index (χ2n) is 8.19. The van der Waals surface area contributed by atoms with E-state index < -0.39 is 0 Å². The van der Waals surface area contributed by atoms with Crippen LogP contribution in [0.1, 0.15) is 37.1 Å². The van der Waals surface area contributed by atoms with Crippen molar-refractivity contribution < 1.29 is 19.1 Å². The lowest BCUT2D eigenvalue weighted by atomic mass is 10.1. The zero-order valence-electron chi connectivity index (χ0n) is 18.8. The van der Waals surface area contributed by atoms with Crippen LogP contribution in [0.25, 0.3) is 0 Å². The van der Waals surface area contributed by atoms with Crippen LogP contribution in [0.5, 0.6) is 11.5 Å². The molecule has 1 fully saturated rings. The topological polar surface area (TPSA) is 59.1 Å². The summed E-state index contributed by atoms with van der Waals surface area (Å²) in [5.41, 5.74) is 1.07. The molecule has 0 saturated heterocycles. The molecule has 31 heavy (non-hydrogen) atoms. The molecule has 0 bridgehead atoms. The van der Waals surface area contributed by atoms with Gasteiger partial charge in [-0.3, -0.25) is 9.59 Å². The number of thiophene rings is 1. The molecule has 0 spiro atoms. The summed E-state index contributed by atoms with van der Waals surface area (Å²) in [5, 5.41) is 2.02. The molecule has 1 saturated carbocycles. The van der Waals surface area contributed by atoms with Gasteiger partial charge in [0.25, 0.3) is 0 Å². The molecule has 0 atom stereocenters. The van der Waals surface area contributed by atoms with Crippen LogP contribution < -0.4 is 9.47 Å². The second-order valence-corrected chi connectivity index (χ2v) is 9.22. The van der Waals surface area contributed by atoms with E-state index in [2.05, 4.69) is 0 Å². The van der Waals surface area contributed by atoms with Crippen molar-refractivity contribution in [2.45, 2.75) is 45.7 Å². The number of methoxy groups -OCH3 is 2. The summed E-state index contributed by atoms with van der Waals surface area (Å²) < 4.78 is 10.7. The fourth-order valence-electron chi connectivity index (χ4n) is 3.53. The molecule has 0 unspecified atom stereocenters. The Bertz CT molecular complexity index is 878. The molecule has 3 rings (SSSR count). The van der Waals surface area contributed by atoms with Gasteiger partial charge in [-0.1, -0.05) is 26.0 Å². The monoisotopic (exact) mass is 444 g/mol. The highest BCUT2D eigenvalue weighted by Gasteiger charge is 2.35. The van der Waals surface area contributed by atoms with Crippen LogP contribution in [0.2, 0.25) is 0 Å². The van der Waals surface area contributed by atoms with Crippen molar-refractivity contribution in [1.29, 1.82) is 0 Å². The first-order chi connectivity index (χ1) is 14.9. The highest BCUT2D eigenvalue weighted by Crippen LogP contribution is 2.29. The van der Waals surface area contributed by atoms with Crippen LogP contribution in [0.4, 0.5) is 0 Å². The van der Waals surface area contributed by atoms with Crippen molar-refractivity contribution in [3.8, 4) is 11.5 Å². The van der Waals surface area contributed by atoms with E-state index in [0.717, 1.165) is 23.3 Å². The van der Waals surface area contributed by atoms with Crippen molar-refractivity contribution in [3.05, 3.63) is 46.2 Å². The second kappa shape index (κ2) is 10.7. The molecule has 1 heterocycles. The number of carbonyl (C=O) groups is 2. The van der Waals surface area contributed by atoms with Gasteiger partial charge in [-0.2, -0.15) is 0 Å². The Morgan fingerprint density at radius 2 is 1.87 bits per heavy atom. The van der Waals surface area contributed by atoms with Gasteiger partial charge in [0.2, 0.25) is 11.8 Å². The molecule has 0 aliphatic heterocycles. The van der Waals surface area contributed by atoms with E-state index >= 15 is 0 Å². The molecule has 7 heteroatoms. The maximum absolute atomic E-state index is 13.3. The summed E-state index contributed by atoms with van der Waals surface area (Å²) >= 11 is 1.64. The van der Waals surface area contributed by atoms with E-state index in [-0.39, 0.29) is 30.3 Å². The highest BCUT2D eigenvalue weighted by molar-refractivity contribution is 7.09. The first kappa shape index (κ1) is 23.1. The van der Waals surface area contributed by atoms with Gasteiger partial charge in [0, 0.05) is 23.4 Å². The number of amides is 2. The summed E-state index contributed by atoms with van der Waals surface area (Å²) in [4.78, 5) is 30.7.